The molecule has 0 aromatic carbocycles. The van der Waals surface area contributed by atoms with Crippen LogP contribution in [0.5, 0.6) is 0 Å². The molecule has 0 radical (unpaired) electrons. The number of hydrogen-bond donors (Lipinski definition) is 2. The lowest BCUT2D eigenvalue weighted by Gasteiger charge is -2.19. The standard InChI is InChI=1S/C11H20N2O/c1-2-3-9-12-11(14)13-10-7-5-4-6-8-10/h4-5,10H,2-3,6-9H2,1H3,(H2,12,13,14). The molecule has 1 atom stereocenters. The molecular formula is C11H20N2O. The van der Waals surface area contributed by atoms with Crippen LogP contribution in [0.15, 0.2) is 12.2 Å². The third-order valence-corrected chi connectivity index (χ3v) is 2.42. The van der Waals surface area contributed by atoms with E-state index < -0.39 is 0 Å². The molecule has 3 heteroatoms. The molecule has 2 N–H and O–H groups in total. The third kappa shape index (κ3) is 4.30. The minimum absolute atomic E-state index is 0.0150. The Morgan fingerprint density at radius 2 is 2.36 bits per heavy atom. The smallest absolute Gasteiger partial charge is 0.315 e. The summed E-state index contributed by atoms with van der Waals surface area (Å²) in [5, 5.41) is 5.83. The van der Waals surface area contributed by atoms with Crippen molar-refractivity contribution in [3.8, 4) is 0 Å². The van der Waals surface area contributed by atoms with Crippen molar-refractivity contribution in [3.63, 3.8) is 0 Å². The second kappa shape index (κ2) is 6.46. The number of hydrogen-bond acceptors (Lipinski definition) is 1. The van der Waals surface area contributed by atoms with Crippen molar-refractivity contribution in [1.29, 1.82) is 0 Å². The monoisotopic (exact) mass is 196 g/mol. The van der Waals surface area contributed by atoms with Gasteiger partial charge in [-0.05, 0) is 25.7 Å². The van der Waals surface area contributed by atoms with Gasteiger partial charge in [-0.25, -0.2) is 4.79 Å². The Labute approximate surface area is 86.0 Å². The van der Waals surface area contributed by atoms with Gasteiger partial charge in [0.1, 0.15) is 0 Å². The van der Waals surface area contributed by atoms with Crippen LogP contribution >= 0.6 is 0 Å². The van der Waals surface area contributed by atoms with Gasteiger partial charge in [0.25, 0.3) is 0 Å². The van der Waals surface area contributed by atoms with Gasteiger partial charge in [-0.15, -0.1) is 0 Å². The summed E-state index contributed by atoms with van der Waals surface area (Å²) >= 11 is 0. The van der Waals surface area contributed by atoms with Crippen LogP contribution in [0.25, 0.3) is 0 Å². The number of urea groups is 1. The number of unbranched alkanes of at least 4 members (excludes halogenated alkanes) is 1. The van der Waals surface area contributed by atoms with Gasteiger partial charge < -0.3 is 10.6 Å². The zero-order valence-electron chi connectivity index (χ0n) is 8.88. The predicted molar refractivity (Wildman–Crippen MR) is 58.2 cm³/mol. The van der Waals surface area contributed by atoms with E-state index in [0.717, 1.165) is 38.6 Å². The fourth-order valence-corrected chi connectivity index (χ4v) is 1.54. The van der Waals surface area contributed by atoms with Crippen LogP contribution in [0.1, 0.15) is 39.0 Å². The number of allylic oxidation sites excluding steroid dienone is 1. The Hall–Kier alpha value is -0.990. The zero-order valence-corrected chi connectivity index (χ0v) is 8.88. The van der Waals surface area contributed by atoms with Gasteiger partial charge in [-0.3, -0.25) is 0 Å². The summed E-state index contributed by atoms with van der Waals surface area (Å²) in [7, 11) is 0. The van der Waals surface area contributed by atoms with Crippen molar-refractivity contribution in [3.05, 3.63) is 12.2 Å². The summed E-state index contributed by atoms with van der Waals surface area (Å²) in [6.07, 6.45) is 9.61. The lowest BCUT2D eigenvalue weighted by atomic mass is 10.0. The number of amides is 2. The molecule has 0 saturated heterocycles. The molecule has 1 aliphatic carbocycles. The van der Waals surface area contributed by atoms with E-state index in [2.05, 4.69) is 29.7 Å². The molecule has 1 rings (SSSR count). The molecule has 0 fully saturated rings. The van der Waals surface area contributed by atoms with E-state index >= 15 is 0 Å². The fraction of sp³-hybridized carbons (Fsp3) is 0.727. The summed E-state index contributed by atoms with van der Waals surface area (Å²) in [4.78, 5) is 11.3. The van der Waals surface area contributed by atoms with Gasteiger partial charge >= 0.3 is 6.03 Å². The molecular weight excluding hydrogens is 176 g/mol. The Bertz CT molecular complexity index is 201. The quantitative estimate of drug-likeness (QED) is 0.525. The van der Waals surface area contributed by atoms with Crippen molar-refractivity contribution in [1.82, 2.24) is 10.6 Å². The predicted octanol–water partition coefficient (Wildman–Crippen LogP) is 2.19. The van der Waals surface area contributed by atoms with Crippen LogP contribution < -0.4 is 10.6 Å². The maximum atomic E-state index is 11.3. The number of nitrogens with one attached hydrogen (secondary N) is 2. The normalized spacial score (nSPS) is 20.5. The van der Waals surface area contributed by atoms with E-state index in [1.165, 1.54) is 0 Å². The number of rotatable bonds is 4. The topological polar surface area (TPSA) is 41.1 Å². The lowest BCUT2D eigenvalue weighted by molar-refractivity contribution is 0.236. The van der Waals surface area contributed by atoms with E-state index in [4.69, 9.17) is 0 Å². The van der Waals surface area contributed by atoms with Gasteiger partial charge in [0.2, 0.25) is 0 Å². The average molecular weight is 196 g/mol. The molecule has 0 aromatic rings. The van der Waals surface area contributed by atoms with E-state index in [0.29, 0.717) is 6.04 Å². The Balaban J connectivity index is 2.10. The van der Waals surface area contributed by atoms with Gasteiger partial charge in [-0.2, -0.15) is 0 Å². The van der Waals surface area contributed by atoms with Gasteiger partial charge in [0, 0.05) is 12.6 Å². The molecule has 1 unspecified atom stereocenters. The zero-order chi connectivity index (χ0) is 10.2. The van der Waals surface area contributed by atoms with Gasteiger partial charge in [-0.1, -0.05) is 25.5 Å². The summed E-state index contributed by atoms with van der Waals surface area (Å²) in [6, 6.07) is 0.320. The first-order valence-corrected chi connectivity index (χ1v) is 5.52. The Morgan fingerprint density at radius 3 is 3.00 bits per heavy atom. The van der Waals surface area contributed by atoms with Crippen LogP contribution in [0.3, 0.4) is 0 Å². The molecule has 0 aromatic heterocycles. The van der Waals surface area contributed by atoms with Crippen molar-refractivity contribution >= 4 is 6.03 Å². The van der Waals surface area contributed by atoms with Gasteiger partial charge in [0.05, 0.1) is 0 Å². The molecule has 14 heavy (non-hydrogen) atoms. The van der Waals surface area contributed by atoms with Crippen LogP contribution in [-0.2, 0) is 0 Å². The second-order valence-electron chi connectivity index (χ2n) is 3.74. The first kappa shape index (κ1) is 11.1. The van der Waals surface area contributed by atoms with Crippen molar-refractivity contribution in [2.45, 2.75) is 45.1 Å². The molecule has 0 bridgehead atoms. The van der Waals surface area contributed by atoms with Crippen LogP contribution in [0.4, 0.5) is 4.79 Å². The maximum absolute atomic E-state index is 11.3. The van der Waals surface area contributed by atoms with Crippen LogP contribution in [0.2, 0.25) is 0 Å². The van der Waals surface area contributed by atoms with Crippen molar-refractivity contribution < 1.29 is 4.79 Å². The second-order valence-corrected chi connectivity index (χ2v) is 3.74. The van der Waals surface area contributed by atoms with E-state index in [1.54, 1.807) is 0 Å². The molecule has 0 saturated carbocycles. The van der Waals surface area contributed by atoms with Gasteiger partial charge in [0.15, 0.2) is 0 Å². The molecule has 0 heterocycles. The highest BCUT2D eigenvalue weighted by atomic mass is 16.2. The lowest BCUT2D eigenvalue weighted by Crippen LogP contribution is -2.42. The average Bonchev–Trinajstić information content (AvgIpc) is 2.20. The minimum Gasteiger partial charge on any atom is -0.338 e. The van der Waals surface area contributed by atoms with Crippen LogP contribution in [-0.4, -0.2) is 18.6 Å². The summed E-state index contributed by atoms with van der Waals surface area (Å²) < 4.78 is 0. The largest absolute Gasteiger partial charge is 0.338 e. The summed E-state index contributed by atoms with van der Waals surface area (Å²) in [5.74, 6) is 0. The molecule has 0 spiro atoms. The Morgan fingerprint density at radius 1 is 1.50 bits per heavy atom. The highest BCUT2D eigenvalue weighted by molar-refractivity contribution is 5.74. The summed E-state index contributed by atoms with van der Waals surface area (Å²) in [6.45, 7) is 2.90. The van der Waals surface area contributed by atoms with Crippen molar-refractivity contribution in [2.24, 2.45) is 0 Å². The fourth-order valence-electron chi connectivity index (χ4n) is 1.54. The SMILES string of the molecule is CCCCNC(=O)NC1CC=CCC1. The Kier molecular flexibility index (Phi) is 5.12. The molecule has 3 nitrogen and oxygen atoms in total. The molecule has 80 valence electrons. The molecule has 1 aliphatic rings. The van der Waals surface area contributed by atoms with E-state index in [1.807, 2.05) is 0 Å². The van der Waals surface area contributed by atoms with E-state index in [-0.39, 0.29) is 6.03 Å². The molecule has 2 amide bonds. The first-order valence-electron chi connectivity index (χ1n) is 5.52. The summed E-state index contributed by atoms with van der Waals surface area (Å²) in [5.41, 5.74) is 0. The third-order valence-electron chi connectivity index (χ3n) is 2.42. The van der Waals surface area contributed by atoms with Crippen molar-refractivity contribution in [2.75, 3.05) is 6.54 Å². The maximum Gasteiger partial charge on any atom is 0.315 e. The highest BCUT2D eigenvalue weighted by Gasteiger charge is 2.11. The molecule has 0 aliphatic heterocycles. The highest BCUT2D eigenvalue weighted by Crippen LogP contribution is 2.09. The number of carbonyl (C=O) groups is 1. The van der Waals surface area contributed by atoms with E-state index in [9.17, 15) is 4.79 Å². The number of carbonyl (C=O) groups excluding carboxylic acids is 1. The van der Waals surface area contributed by atoms with Crippen LogP contribution in [0, 0.1) is 0 Å². The first-order chi connectivity index (χ1) is 6.83. The minimum atomic E-state index is -0.0150.